The van der Waals surface area contributed by atoms with Gasteiger partial charge in [0.15, 0.2) is 0 Å². The third-order valence-corrected chi connectivity index (χ3v) is 6.00. The highest BCUT2D eigenvalue weighted by Gasteiger charge is 2.52. The molecule has 3 heterocycles. The van der Waals surface area contributed by atoms with Gasteiger partial charge in [-0.05, 0) is 38.7 Å². The number of nitrogens with zero attached hydrogens (tertiary/aromatic N) is 4. The van der Waals surface area contributed by atoms with E-state index in [2.05, 4.69) is 27.9 Å². The molecule has 0 bridgehead atoms. The molecule has 6 nitrogen and oxygen atoms in total. The van der Waals surface area contributed by atoms with E-state index in [1.807, 2.05) is 32.2 Å². The number of hydrogen-bond acceptors (Lipinski definition) is 6. The van der Waals surface area contributed by atoms with E-state index >= 15 is 0 Å². The molecule has 2 aromatic heterocycles. The fraction of sp³-hybridized carbons (Fsp3) is 0.571. The van der Waals surface area contributed by atoms with Crippen LogP contribution in [-0.4, -0.2) is 46.4 Å². The molecule has 2 aliphatic rings. The first-order valence-electron chi connectivity index (χ1n) is 9.87. The predicted molar refractivity (Wildman–Crippen MR) is 104 cm³/mol. The van der Waals surface area contributed by atoms with Gasteiger partial charge >= 0.3 is 0 Å². The van der Waals surface area contributed by atoms with E-state index in [1.54, 1.807) is 6.20 Å². The number of anilines is 1. The molecule has 0 unspecified atom stereocenters. The smallest absolute Gasteiger partial charge is 0.213 e. The van der Waals surface area contributed by atoms with Crippen LogP contribution in [0.4, 0.5) is 5.82 Å². The summed E-state index contributed by atoms with van der Waals surface area (Å²) in [5.74, 6) is 2.54. The van der Waals surface area contributed by atoms with Crippen LogP contribution in [0.1, 0.15) is 44.1 Å². The van der Waals surface area contributed by atoms with Gasteiger partial charge in [0.05, 0.1) is 11.6 Å². The lowest BCUT2D eigenvalue weighted by Gasteiger charge is -2.43. The zero-order chi connectivity index (χ0) is 18.9. The first-order valence-corrected chi connectivity index (χ1v) is 9.87. The van der Waals surface area contributed by atoms with Crippen LogP contribution in [0, 0.1) is 6.92 Å². The van der Waals surface area contributed by atoms with Crippen molar-refractivity contribution in [3.8, 4) is 5.88 Å². The van der Waals surface area contributed by atoms with Gasteiger partial charge in [-0.3, -0.25) is 0 Å². The van der Waals surface area contributed by atoms with E-state index in [0.29, 0.717) is 5.88 Å². The average molecular weight is 368 g/mol. The van der Waals surface area contributed by atoms with Gasteiger partial charge in [-0.1, -0.05) is 13.0 Å². The highest BCUT2D eigenvalue weighted by molar-refractivity contribution is 5.45. The quantitative estimate of drug-likeness (QED) is 0.807. The van der Waals surface area contributed by atoms with Crippen molar-refractivity contribution in [3.63, 3.8) is 0 Å². The lowest BCUT2D eigenvalue weighted by molar-refractivity contribution is -0.0607. The Bertz CT molecular complexity index is 785. The highest BCUT2D eigenvalue weighted by Crippen LogP contribution is 2.44. The number of pyridine rings is 1. The second-order valence-corrected chi connectivity index (χ2v) is 7.53. The van der Waals surface area contributed by atoms with Crippen molar-refractivity contribution < 1.29 is 9.47 Å². The van der Waals surface area contributed by atoms with Gasteiger partial charge in [0.2, 0.25) is 5.88 Å². The summed E-state index contributed by atoms with van der Waals surface area (Å²) in [4.78, 5) is 16.0. The molecule has 3 atom stereocenters. The number of aryl methyl sites for hydroxylation is 2. The van der Waals surface area contributed by atoms with Crippen molar-refractivity contribution in [1.82, 2.24) is 15.0 Å². The molecular formula is C21H28N4O2. The molecule has 0 aromatic carbocycles. The lowest BCUT2D eigenvalue weighted by atomic mass is 9.79. The average Bonchev–Trinajstić information content (AvgIpc) is 3.07. The summed E-state index contributed by atoms with van der Waals surface area (Å²) in [6.45, 7) is 5.05. The van der Waals surface area contributed by atoms with E-state index < -0.39 is 0 Å². The fourth-order valence-corrected chi connectivity index (χ4v) is 4.57. The van der Waals surface area contributed by atoms with Gasteiger partial charge in [-0.25, -0.2) is 15.0 Å². The van der Waals surface area contributed by atoms with Crippen LogP contribution in [0.5, 0.6) is 5.88 Å². The van der Waals surface area contributed by atoms with Gasteiger partial charge in [-0.2, -0.15) is 0 Å². The van der Waals surface area contributed by atoms with Crippen LogP contribution in [0.25, 0.3) is 0 Å². The van der Waals surface area contributed by atoms with Crippen LogP contribution in [0.15, 0.2) is 30.5 Å². The van der Waals surface area contributed by atoms with Crippen molar-refractivity contribution in [3.05, 3.63) is 42.0 Å². The van der Waals surface area contributed by atoms with Crippen molar-refractivity contribution in [2.45, 2.75) is 63.7 Å². The molecule has 6 heteroatoms. The van der Waals surface area contributed by atoms with Crippen LogP contribution in [-0.2, 0) is 11.2 Å². The van der Waals surface area contributed by atoms with Crippen molar-refractivity contribution in [1.29, 1.82) is 0 Å². The van der Waals surface area contributed by atoms with E-state index in [0.717, 1.165) is 56.0 Å². The Morgan fingerprint density at radius 2 is 2.15 bits per heavy atom. The molecule has 1 aliphatic carbocycles. The first kappa shape index (κ1) is 18.2. The number of fused-ring (bicyclic) bond motifs is 1. The third kappa shape index (κ3) is 3.50. The Morgan fingerprint density at radius 3 is 2.89 bits per heavy atom. The Kier molecular flexibility index (Phi) is 5.00. The number of methoxy groups -OCH3 is 1. The van der Waals surface area contributed by atoms with Gasteiger partial charge < -0.3 is 14.4 Å². The molecule has 0 N–H and O–H groups in total. The summed E-state index contributed by atoms with van der Waals surface area (Å²) in [6, 6.07) is 8.17. The molecule has 27 heavy (non-hydrogen) atoms. The Hall–Kier alpha value is -2.21. The Morgan fingerprint density at radius 1 is 1.26 bits per heavy atom. The predicted octanol–water partition coefficient (Wildman–Crippen LogP) is 3.34. The molecule has 0 spiro atoms. The van der Waals surface area contributed by atoms with Crippen molar-refractivity contribution in [2.24, 2.45) is 0 Å². The van der Waals surface area contributed by atoms with E-state index in [-0.39, 0.29) is 17.7 Å². The Labute approximate surface area is 161 Å². The van der Waals surface area contributed by atoms with Crippen LogP contribution in [0.2, 0.25) is 0 Å². The lowest BCUT2D eigenvalue weighted by Crippen LogP contribution is -2.52. The van der Waals surface area contributed by atoms with Gasteiger partial charge in [0.25, 0.3) is 0 Å². The minimum absolute atomic E-state index is 0.116. The maximum atomic E-state index is 6.18. The van der Waals surface area contributed by atoms with E-state index in [4.69, 9.17) is 14.5 Å². The van der Waals surface area contributed by atoms with E-state index in [1.165, 1.54) is 0 Å². The molecular weight excluding hydrogens is 340 g/mol. The molecule has 0 amide bonds. The van der Waals surface area contributed by atoms with Crippen molar-refractivity contribution in [2.75, 3.05) is 18.6 Å². The third-order valence-electron chi connectivity index (χ3n) is 6.00. The molecule has 1 saturated heterocycles. The topological polar surface area (TPSA) is 60.4 Å². The summed E-state index contributed by atoms with van der Waals surface area (Å²) in [5.41, 5.74) is 0.972. The normalized spacial score (nSPS) is 27.4. The molecule has 1 aliphatic heterocycles. The molecule has 2 aromatic rings. The summed E-state index contributed by atoms with van der Waals surface area (Å²) in [6.07, 6.45) is 6.74. The maximum Gasteiger partial charge on any atom is 0.213 e. The van der Waals surface area contributed by atoms with Crippen molar-refractivity contribution >= 4 is 5.82 Å². The molecule has 144 valence electrons. The highest BCUT2D eigenvalue weighted by atomic mass is 16.5. The Balaban J connectivity index is 1.58. The van der Waals surface area contributed by atoms with Gasteiger partial charge in [-0.15, -0.1) is 0 Å². The van der Waals surface area contributed by atoms with Crippen LogP contribution < -0.4 is 9.64 Å². The number of ether oxygens (including phenoxy) is 2. The minimum atomic E-state index is -0.116. The molecule has 4 rings (SSSR count). The monoisotopic (exact) mass is 368 g/mol. The standard InChI is InChI=1S/C21H28N4O2/c1-4-16-13-19(24-15(2)23-16)25-12-10-21(26-3)9-8-17(14-18(21)25)27-20-7-5-6-11-22-20/h5-7,11,13,17-18H,4,8-10,12,14H2,1-3H3/t17-,18+,21-/m1/s1. The van der Waals surface area contributed by atoms with E-state index in [9.17, 15) is 0 Å². The SMILES string of the molecule is CCc1cc(N2CC[C@]3(OC)CC[C@@H](Oc4ccccn4)C[C@H]23)nc(C)n1. The summed E-state index contributed by atoms with van der Waals surface area (Å²) < 4.78 is 12.3. The van der Waals surface area contributed by atoms with Gasteiger partial charge in [0.1, 0.15) is 17.7 Å². The second kappa shape index (κ2) is 7.43. The minimum Gasteiger partial charge on any atom is -0.474 e. The largest absolute Gasteiger partial charge is 0.474 e. The molecule has 2 fully saturated rings. The summed E-state index contributed by atoms with van der Waals surface area (Å²) >= 11 is 0. The number of hydrogen-bond donors (Lipinski definition) is 0. The summed E-state index contributed by atoms with van der Waals surface area (Å²) in [5, 5.41) is 0. The maximum absolute atomic E-state index is 6.18. The summed E-state index contributed by atoms with van der Waals surface area (Å²) in [7, 11) is 1.85. The number of aromatic nitrogens is 3. The fourth-order valence-electron chi connectivity index (χ4n) is 4.57. The zero-order valence-corrected chi connectivity index (χ0v) is 16.4. The van der Waals surface area contributed by atoms with Crippen LogP contribution >= 0.6 is 0 Å². The molecule has 0 radical (unpaired) electrons. The van der Waals surface area contributed by atoms with Gasteiger partial charge in [0, 0.05) is 44.1 Å². The first-order chi connectivity index (χ1) is 13.1. The molecule has 1 saturated carbocycles. The van der Waals surface area contributed by atoms with Crippen LogP contribution in [0.3, 0.4) is 0 Å². The number of rotatable bonds is 5. The zero-order valence-electron chi connectivity index (χ0n) is 16.4. The second-order valence-electron chi connectivity index (χ2n) is 7.53.